The van der Waals surface area contributed by atoms with Crippen LogP contribution in [0.3, 0.4) is 0 Å². The van der Waals surface area contributed by atoms with E-state index in [1.54, 1.807) is 0 Å². The van der Waals surface area contributed by atoms with Gasteiger partial charge >= 0.3 is 39.5 Å². The molecule has 19 heteroatoms. The number of phosphoric acid groups is 2. The van der Waals surface area contributed by atoms with Gasteiger partial charge in [0.1, 0.15) is 19.3 Å². The number of allylic oxidation sites excluding steroid dienone is 14. The van der Waals surface area contributed by atoms with E-state index in [9.17, 15) is 43.2 Å². The number of aliphatic hydroxyl groups is 1. The molecule has 0 saturated carbocycles. The quantitative estimate of drug-likeness (QED) is 0.0169. The number of ether oxygens (including phenoxy) is 4. The first-order valence-corrected chi connectivity index (χ1v) is 38.8. The molecule has 0 spiro atoms. The van der Waals surface area contributed by atoms with Crippen LogP contribution in [0.5, 0.6) is 0 Å². The van der Waals surface area contributed by atoms with Gasteiger partial charge in [-0.1, -0.05) is 222 Å². The van der Waals surface area contributed by atoms with Crippen molar-refractivity contribution in [3.05, 3.63) is 85.1 Å². The Bertz CT molecular complexity index is 2090. The minimum absolute atomic E-state index is 0.0756. The molecule has 0 aliphatic rings. The van der Waals surface area contributed by atoms with Crippen LogP contribution in [0, 0.1) is 0 Å². The van der Waals surface area contributed by atoms with E-state index in [1.165, 1.54) is 64.2 Å². The summed E-state index contributed by atoms with van der Waals surface area (Å²) in [5, 5.41) is 10.6. The molecule has 0 heterocycles. The SMILES string of the molecule is CC/C=C\C/C=C\C/C=C\C/C=C\CCCCC(=O)OCC(COP(=O)(O)OCC(O)COP(=O)(O)OCC(COC(=O)CCCCCCC/C=C\CCCCCC)OC(=O)CCCCCCC/C=C\CCCCCC)OC(=O)CCCCCCC/C=C\CCCC. The Labute approximate surface area is 557 Å². The summed E-state index contributed by atoms with van der Waals surface area (Å²) >= 11 is 0. The largest absolute Gasteiger partial charge is 0.472 e. The van der Waals surface area contributed by atoms with Crippen LogP contribution in [-0.4, -0.2) is 96.7 Å². The fraction of sp³-hybridized carbons (Fsp3) is 0.753. The second kappa shape index (κ2) is 65.9. The van der Waals surface area contributed by atoms with Crippen LogP contribution in [0.1, 0.15) is 297 Å². The summed E-state index contributed by atoms with van der Waals surface area (Å²) < 4.78 is 68.2. The van der Waals surface area contributed by atoms with Crippen molar-refractivity contribution in [3.63, 3.8) is 0 Å². The second-order valence-corrected chi connectivity index (χ2v) is 26.7. The lowest BCUT2D eigenvalue weighted by Gasteiger charge is -2.21. The molecule has 0 aromatic rings. The first-order valence-electron chi connectivity index (χ1n) is 35.8. The maximum Gasteiger partial charge on any atom is 0.472 e. The monoisotopic (exact) mass is 1340 g/mol. The van der Waals surface area contributed by atoms with Crippen molar-refractivity contribution in [1.82, 2.24) is 0 Å². The topological polar surface area (TPSA) is 237 Å². The number of hydrogen-bond acceptors (Lipinski definition) is 15. The second-order valence-electron chi connectivity index (χ2n) is 23.8. The third kappa shape index (κ3) is 64.9. The summed E-state index contributed by atoms with van der Waals surface area (Å²) in [6.07, 6.45) is 64.6. The van der Waals surface area contributed by atoms with Crippen molar-refractivity contribution < 1.29 is 80.2 Å². The molecular weight excluding hydrogens is 1210 g/mol. The Morgan fingerprint density at radius 2 is 0.576 bits per heavy atom. The van der Waals surface area contributed by atoms with Crippen molar-refractivity contribution in [2.24, 2.45) is 0 Å². The number of phosphoric ester groups is 2. The third-order valence-corrected chi connectivity index (χ3v) is 16.7. The van der Waals surface area contributed by atoms with E-state index in [-0.39, 0.29) is 25.7 Å². The van der Waals surface area contributed by atoms with Crippen LogP contribution in [0.2, 0.25) is 0 Å². The van der Waals surface area contributed by atoms with Crippen LogP contribution < -0.4 is 0 Å². The number of unbranched alkanes of at least 4 members (excludes halogenated alkanes) is 27. The molecule has 0 aliphatic carbocycles. The zero-order chi connectivity index (χ0) is 67.5. The fourth-order valence-electron chi connectivity index (χ4n) is 9.30. The lowest BCUT2D eigenvalue weighted by atomic mass is 10.1. The Balaban J connectivity index is 5.35. The zero-order valence-electron chi connectivity index (χ0n) is 57.7. The number of carbonyl (C=O) groups is 4. The highest BCUT2D eigenvalue weighted by Gasteiger charge is 2.30. The van der Waals surface area contributed by atoms with E-state index in [0.717, 1.165) is 154 Å². The van der Waals surface area contributed by atoms with Crippen LogP contribution in [0.25, 0.3) is 0 Å². The molecular formula is C73H128O17P2. The fourth-order valence-corrected chi connectivity index (χ4v) is 10.9. The van der Waals surface area contributed by atoms with Crippen molar-refractivity contribution in [1.29, 1.82) is 0 Å². The predicted octanol–water partition coefficient (Wildman–Crippen LogP) is 19.9. The summed E-state index contributed by atoms with van der Waals surface area (Å²) in [4.78, 5) is 72.5. The first-order chi connectivity index (χ1) is 44.7. The van der Waals surface area contributed by atoms with Gasteiger partial charge in [0.25, 0.3) is 0 Å². The Morgan fingerprint density at radius 1 is 0.315 bits per heavy atom. The predicted molar refractivity (Wildman–Crippen MR) is 372 cm³/mol. The van der Waals surface area contributed by atoms with Crippen LogP contribution in [0.15, 0.2) is 85.1 Å². The van der Waals surface area contributed by atoms with Gasteiger partial charge in [0.05, 0.1) is 26.4 Å². The molecule has 3 N–H and O–H groups in total. The highest BCUT2D eigenvalue weighted by atomic mass is 31.2. The Morgan fingerprint density at radius 3 is 0.935 bits per heavy atom. The summed E-state index contributed by atoms with van der Waals surface area (Å²) in [7, 11) is -9.95. The summed E-state index contributed by atoms with van der Waals surface area (Å²) in [6.45, 7) is 4.61. The van der Waals surface area contributed by atoms with Gasteiger partial charge < -0.3 is 33.8 Å². The maximum absolute atomic E-state index is 13.0. The number of hydrogen-bond donors (Lipinski definition) is 3. The van der Waals surface area contributed by atoms with Crippen molar-refractivity contribution >= 4 is 39.5 Å². The number of aliphatic hydroxyl groups excluding tert-OH is 1. The Kier molecular flexibility index (Phi) is 63.2. The maximum atomic E-state index is 13.0. The highest BCUT2D eigenvalue weighted by Crippen LogP contribution is 2.45. The smallest absolute Gasteiger partial charge is 0.462 e. The zero-order valence-corrected chi connectivity index (χ0v) is 59.5. The Hall–Kier alpha value is -3.76. The summed E-state index contributed by atoms with van der Waals surface area (Å²) in [6, 6.07) is 0. The van der Waals surface area contributed by atoms with Gasteiger partial charge in [-0.05, 0) is 135 Å². The molecule has 0 saturated heterocycles. The van der Waals surface area contributed by atoms with Crippen molar-refractivity contribution in [2.45, 2.75) is 316 Å². The number of rotatable bonds is 67. The molecule has 532 valence electrons. The van der Waals surface area contributed by atoms with E-state index in [0.29, 0.717) is 25.7 Å². The minimum atomic E-state index is -4.98. The van der Waals surface area contributed by atoms with Gasteiger partial charge in [-0.2, -0.15) is 0 Å². The molecule has 17 nitrogen and oxygen atoms in total. The van der Waals surface area contributed by atoms with Crippen molar-refractivity contribution in [2.75, 3.05) is 39.6 Å². The van der Waals surface area contributed by atoms with E-state index in [1.807, 2.05) is 0 Å². The summed E-state index contributed by atoms with van der Waals surface area (Å²) in [5.41, 5.74) is 0. The van der Waals surface area contributed by atoms with E-state index in [2.05, 4.69) is 113 Å². The number of esters is 4. The van der Waals surface area contributed by atoms with Gasteiger partial charge in [0, 0.05) is 25.7 Å². The van der Waals surface area contributed by atoms with Gasteiger partial charge in [0.2, 0.25) is 0 Å². The summed E-state index contributed by atoms with van der Waals surface area (Å²) in [5.74, 6) is -2.24. The van der Waals surface area contributed by atoms with Gasteiger partial charge in [0.15, 0.2) is 12.2 Å². The van der Waals surface area contributed by atoms with E-state index >= 15 is 0 Å². The molecule has 5 atom stereocenters. The highest BCUT2D eigenvalue weighted by molar-refractivity contribution is 7.47. The van der Waals surface area contributed by atoms with Crippen molar-refractivity contribution in [3.8, 4) is 0 Å². The van der Waals surface area contributed by atoms with Crippen LogP contribution in [-0.2, 0) is 65.4 Å². The lowest BCUT2D eigenvalue weighted by Crippen LogP contribution is -2.30. The third-order valence-electron chi connectivity index (χ3n) is 14.8. The molecule has 0 rings (SSSR count). The first kappa shape index (κ1) is 88.2. The van der Waals surface area contributed by atoms with Gasteiger partial charge in [-0.25, -0.2) is 9.13 Å². The molecule has 0 aromatic heterocycles. The number of carbonyl (C=O) groups excluding carboxylic acids is 4. The molecule has 0 amide bonds. The molecule has 0 fully saturated rings. The standard InChI is InChI=1S/C73H128O17P2/c1-5-9-13-17-21-25-29-32-33-36-39-42-46-50-54-58-71(76)84-63-68(89-72(77)59-55-51-47-43-37-28-24-20-16-12-8-4)65-87-91(79,80)85-61-67(74)62-86-92(81,82)88-66-69(90-73(78)60-56-52-48-44-40-35-31-27-23-19-15-11-7-3)64-83-70(75)57-53-49-45-41-38-34-30-26-22-18-14-10-6-2/h9,13,20-21,24-27,30-33,39,42,67-69,74H,5-8,10-12,14-19,22-23,28-29,34-38,40-41,43-66H2,1-4H3,(H,79,80)(H,81,82)/b13-9-,24-20-,25-21-,30-26-,31-27-,33-32-,42-39-. The molecule has 0 radical (unpaired) electrons. The average Bonchev–Trinajstić information content (AvgIpc) is 2.24. The normalized spacial score (nSPS) is 14.6. The molecule has 0 aliphatic heterocycles. The van der Waals surface area contributed by atoms with Gasteiger partial charge in [-0.3, -0.25) is 37.3 Å². The van der Waals surface area contributed by atoms with Crippen LogP contribution in [0.4, 0.5) is 0 Å². The molecule has 0 aromatic carbocycles. The molecule has 5 unspecified atom stereocenters. The molecule has 92 heavy (non-hydrogen) atoms. The lowest BCUT2D eigenvalue weighted by molar-refractivity contribution is -0.161. The molecule has 0 bridgehead atoms. The minimum Gasteiger partial charge on any atom is -0.462 e. The van der Waals surface area contributed by atoms with E-state index < -0.39 is 97.5 Å². The van der Waals surface area contributed by atoms with Crippen LogP contribution >= 0.6 is 15.6 Å². The van der Waals surface area contributed by atoms with Gasteiger partial charge in [-0.15, -0.1) is 0 Å². The van der Waals surface area contributed by atoms with E-state index in [4.69, 9.17) is 37.0 Å². The average molecular weight is 1340 g/mol.